The largest absolute Gasteiger partial charge is 0.475 e. The van der Waals surface area contributed by atoms with E-state index in [-0.39, 0.29) is 11.8 Å². The Kier molecular flexibility index (Phi) is 4.74. The van der Waals surface area contributed by atoms with Gasteiger partial charge in [0.15, 0.2) is 0 Å². The number of ether oxygens (including phenoxy) is 3. The van der Waals surface area contributed by atoms with Gasteiger partial charge in [0.2, 0.25) is 5.88 Å². The smallest absolute Gasteiger partial charge is 0.351 e. The number of benzene rings is 1. The summed E-state index contributed by atoms with van der Waals surface area (Å²) in [5, 5.41) is 0. The fourth-order valence-corrected chi connectivity index (χ4v) is 3.31. The van der Waals surface area contributed by atoms with Crippen LogP contribution < -0.4 is 10.4 Å². The molecule has 1 fully saturated rings. The predicted molar refractivity (Wildman–Crippen MR) is 96.2 cm³/mol. The number of aromatic nitrogens is 2. The van der Waals surface area contributed by atoms with Gasteiger partial charge < -0.3 is 14.2 Å². The van der Waals surface area contributed by atoms with Crippen molar-refractivity contribution in [3.05, 3.63) is 45.9 Å². The molecule has 0 amide bonds. The maximum absolute atomic E-state index is 12.4. The summed E-state index contributed by atoms with van der Waals surface area (Å²) in [6, 6.07) is 7.91. The first-order valence-corrected chi connectivity index (χ1v) is 8.74. The lowest BCUT2D eigenvalue weighted by Crippen LogP contribution is -2.34. The molecule has 134 valence electrons. The second-order valence-electron chi connectivity index (χ2n) is 6.29. The molecule has 1 aromatic carbocycles. The van der Waals surface area contributed by atoms with Crippen LogP contribution in [-0.4, -0.2) is 42.1 Å². The van der Waals surface area contributed by atoms with Gasteiger partial charge in [-0.2, -0.15) is 4.98 Å². The third-order valence-electron chi connectivity index (χ3n) is 4.55. The highest BCUT2D eigenvalue weighted by molar-refractivity contribution is 5.67. The van der Waals surface area contributed by atoms with Crippen LogP contribution in [-0.2, 0) is 22.4 Å². The molecule has 2 aromatic rings. The molecule has 0 N–H and O–H groups in total. The van der Waals surface area contributed by atoms with Crippen molar-refractivity contribution < 1.29 is 14.2 Å². The lowest BCUT2D eigenvalue weighted by atomic mass is 9.95. The van der Waals surface area contributed by atoms with Crippen molar-refractivity contribution in [3.63, 3.8) is 0 Å². The number of hydrogen-bond donors (Lipinski definition) is 0. The average Bonchev–Trinajstić information content (AvgIpc) is 2.67. The maximum Gasteiger partial charge on any atom is 0.351 e. The summed E-state index contributed by atoms with van der Waals surface area (Å²) in [6.45, 7) is 4.41. The monoisotopic (exact) mass is 352 g/mol. The van der Waals surface area contributed by atoms with Crippen LogP contribution in [0.3, 0.4) is 0 Å². The molecule has 1 atom stereocenters. The predicted octanol–water partition coefficient (Wildman–Crippen LogP) is 1.63. The minimum Gasteiger partial charge on any atom is -0.475 e. The summed E-state index contributed by atoms with van der Waals surface area (Å²) in [5.74, 6) is 6.32. The molecule has 3 heterocycles. The highest BCUT2D eigenvalue weighted by Crippen LogP contribution is 2.30. The second-order valence-corrected chi connectivity index (χ2v) is 6.29. The molecule has 0 bridgehead atoms. The molecule has 4 rings (SSSR count). The Morgan fingerprint density at radius 1 is 1.35 bits per heavy atom. The van der Waals surface area contributed by atoms with E-state index in [0.29, 0.717) is 38.9 Å². The zero-order valence-corrected chi connectivity index (χ0v) is 14.7. The van der Waals surface area contributed by atoms with E-state index in [4.69, 9.17) is 14.2 Å². The van der Waals surface area contributed by atoms with Gasteiger partial charge in [0.25, 0.3) is 0 Å². The molecule has 2 aliphatic rings. The van der Waals surface area contributed by atoms with E-state index < -0.39 is 0 Å². The van der Waals surface area contributed by atoms with Crippen LogP contribution in [0.15, 0.2) is 29.1 Å². The van der Waals surface area contributed by atoms with E-state index >= 15 is 0 Å². The molecule has 1 saturated heterocycles. The number of fused-ring (bicyclic) bond motifs is 3. The minimum absolute atomic E-state index is 0.133. The van der Waals surface area contributed by atoms with Crippen LogP contribution in [0.1, 0.15) is 18.1 Å². The minimum atomic E-state index is -0.290. The molecule has 6 nitrogen and oxygen atoms in total. The van der Waals surface area contributed by atoms with Gasteiger partial charge in [0.1, 0.15) is 12.7 Å². The Labute approximate surface area is 151 Å². The number of rotatable bonds is 3. The van der Waals surface area contributed by atoms with Gasteiger partial charge in [0.05, 0.1) is 25.5 Å². The Bertz CT molecular complexity index is 933. The van der Waals surface area contributed by atoms with Crippen molar-refractivity contribution in [3.8, 4) is 29.0 Å². The molecule has 1 aromatic heterocycles. The highest BCUT2D eigenvalue weighted by Gasteiger charge is 2.20. The molecular weight excluding hydrogens is 332 g/mol. The van der Waals surface area contributed by atoms with Crippen LogP contribution in [0.2, 0.25) is 0 Å². The van der Waals surface area contributed by atoms with E-state index in [1.807, 2.05) is 25.1 Å². The zero-order chi connectivity index (χ0) is 17.9. The van der Waals surface area contributed by atoms with Crippen molar-refractivity contribution in [2.45, 2.75) is 26.0 Å². The molecule has 0 aliphatic carbocycles. The molecule has 0 radical (unpaired) electrons. The van der Waals surface area contributed by atoms with Gasteiger partial charge in [-0.3, -0.25) is 4.57 Å². The summed E-state index contributed by atoms with van der Waals surface area (Å²) in [5.41, 5.74) is 3.74. The summed E-state index contributed by atoms with van der Waals surface area (Å²) in [6.07, 6.45) is 0.656. The van der Waals surface area contributed by atoms with E-state index in [0.717, 1.165) is 23.2 Å². The van der Waals surface area contributed by atoms with Crippen LogP contribution >= 0.6 is 0 Å². The summed E-state index contributed by atoms with van der Waals surface area (Å²) < 4.78 is 18.3. The van der Waals surface area contributed by atoms with Crippen LogP contribution in [0.4, 0.5) is 0 Å². The Balaban J connectivity index is 1.62. The molecule has 2 aliphatic heterocycles. The number of hydrogen-bond acceptors (Lipinski definition) is 5. The molecule has 26 heavy (non-hydrogen) atoms. The van der Waals surface area contributed by atoms with Gasteiger partial charge in [-0.25, -0.2) is 4.79 Å². The van der Waals surface area contributed by atoms with Gasteiger partial charge in [-0.15, -0.1) is 5.92 Å². The second kappa shape index (κ2) is 7.32. The van der Waals surface area contributed by atoms with Crippen molar-refractivity contribution >= 4 is 0 Å². The van der Waals surface area contributed by atoms with Gasteiger partial charge in [-0.05, 0) is 31.0 Å². The Morgan fingerprint density at radius 3 is 3.08 bits per heavy atom. The van der Waals surface area contributed by atoms with Crippen molar-refractivity contribution in [1.82, 2.24) is 9.55 Å². The summed E-state index contributed by atoms with van der Waals surface area (Å²) >= 11 is 0. The van der Waals surface area contributed by atoms with Crippen LogP contribution in [0.25, 0.3) is 11.3 Å². The summed E-state index contributed by atoms with van der Waals surface area (Å²) in [4.78, 5) is 16.5. The topological polar surface area (TPSA) is 62.6 Å². The lowest BCUT2D eigenvalue weighted by Gasteiger charge is -2.24. The maximum atomic E-state index is 12.4. The van der Waals surface area contributed by atoms with Crippen molar-refractivity contribution in [1.29, 1.82) is 0 Å². The summed E-state index contributed by atoms with van der Waals surface area (Å²) in [7, 11) is 0. The standard InChI is InChI=1S/C20H20N2O4/c1-2-3-14-4-5-17-15(10-14)6-7-22-18(17)11-19(21-20(22)23)26-13-16-12-24-8-9-25-16/h4-5,10-11,16H,6-9,12-13H2,1H3. The SMILES string of the molecule is CC#Cc1ccc2c(c1)CCn1c-2cc(OCC2COCCO2)nc1=O. The number of aryl methyl sites for hydroxylation is 1. The molecular formula is C20H20N2O4. The molecule has 6 heteroatoms. The van der Waals surface area contributed by atoms with E-state index in [9.17, 15) is 4.79 Å². The van der Waals surface area contributed by atoms with Gasteiger partial charge >= 0.3 is 5.69 Å². The van der Waals surface area contributed by atoms with Gasteiger partial charge in [0, 0.05) is 23.7 Å². The van der Waals surface area contributed by atoms with E-state index in [2.05, 4.69) is 22.9 Å². The Hall–Kier alpha value is -2.62. The first-order chi connectivity index (χ1) is 12.7. The normalized spacial score (nSPS) is 18.3. The molecule has 1 unspecified atom stereocenters. The van der Waals surface area contributed by atoms with Crippen molar-refractivity contribution in [2.24, 2.45) is 0 Å². The third kappa shape index (κ3) is 3.36. The fourth-order valence-electron chi connectivity index (χ4n) is 3.31. The van der Waals surface area contributed by atoms with Crippen LogP contribution in [0.5, 0.6) is 5.88 Å². The average molecular weight is 352 g/mol. The fraction of sp³-hybridized carbons (Fsp3) is 0.400. The highest BCUT2D eigenvalue weighted by atomic mass is 16.6. The van der Waals surface area contributed by atoms with Gasteiger partial charge in [-0.1, -0.05) is 12.0 Å². The van der Waals surface area contributed by atoms with E-state index in [1.54, 1.807) is 4.57 Å². The molecule has 0 spiro atoms. The lowest BCUT2D eigenvalue weighted by molar-refractivity contribution is -0.102. The first kappa shape index (κ1) is 16.8. The quantitative estimate of drug-likeness (QED) is 0.786. The Morgan fingerprint density at radius 2 is 2.27 bits per heavy atom. The first-order valence-electron chi connectivity index (χ1n) is 8.74. The van der Waals surface area contributed by atoms with Crippen molar-refractivity contribution in [2.75, 3.05) is 26.4 Å². The number of nitrogens with zero attached hydrogens (tertiary/aromatic N) is 2. The molecule has 0 saturated carbocycles. The van der Waals surface area contributed by atoms with Crippen LogP contribution in [0, 0.1) is 11.8 Å². The van der Waals surface area contributed by atoms with E-state index in [1.165, 1.54) is 5.56 Å². The zero-order valence-electron chi connectivity index (χ0n) is 14.7. The third-order valence-corrected chi connectivity index (χ3v) is 4.55.